The van der Waals surface area contributed by atoms with Crippen LogP contribution in [0.2, 0.25) is 0 Å². The van der Waals surface area contributed by atoms with Gasteiger partial charge in [-0.15, -0.1) is 0 Å². The Labute approximate surface area is 152 Å². The van der Waals surface area contributed by atoms with Gasteiger partial charge in [-0.05, 0) is 38.8 Å². The Morgan fingerprint density at radius 1 is 1.31 bits per heavy atom. The quantitative estimate of drug-likeness (QED) is 0.890. The third-order valence-corrected chi connectivity index (χ3v) is 4.45. The summed E-state index contributed by atoms with van der Waals surface area (Å²) < 4.78 is 19.2. The molecule has 3 rings (SSSR count). The number of benzene rings is 1. The number of aromatic nitrogens is 2. The fourth-order valence-corrected chi connectivity index (χ4v) is 3.03. The number of halogens is 1. The van der Waals surface area contributed by atoms with E-state index < -0.39 is 11.9 Å². The number of nitrogens with zero attached hydrogens (tertiary/aromatic N) is 3. The fraction of sp³-hybridized carbons (Fsp3) is 0.421. The van der Waals surface area contributed by atoms with E-state index in [1.54, 1.807) is 24.0 Å². The molecule has 1 aliphatic heterocycles. The first-order valence-corrected chi connectivity index (χ1v) is 8.78. The number of aryl methyl sites for hydroxylation is 1. The van der Waals surface area contributed by atoms with Gasteiger partial charge in [0.15, 0.2) is 17.7 Å². The van der Waals surface area contributed by atoms with Crippen LogP contribution in [0.3, 0.4) is 0 Å². The van der Waals surface area contributed by atoms with Crippen LogP contribution in [0.5, 0.6) is 5.75 Å². The van der Waals surface area contributed by atoms with Crippen molar-refractivity contribution in [3.8, 4) is 5.75 Å². The molecule has 1 atom stereocenters. The highest BCUT2D eigenvalue weighted by molar-refractivity contribution is 5.81. The first-order chi connectivity index (χ1) is 12.5. The lowest BCUT2D eigenvalue weighted by atomic mass is 10.0. The van der Waals surface area contributed by atoms with E-state index in [2.05, 4.69) is 15.3 Å². The number of carbonyl (C=O) groups excluding carboxylic acids is 1. The van der Waals surface area contributed by atoms with Crippen molar-refractivity contribution in [1.82, 2.24) is 14.9 Å². The van der Waals surface area contributed by atoms with Crippen molar-refractivity contribution in [3.63, 3.8) is 0 Å². The van der Waals surface area contributed by atoms with E-state index >= 15 is 0 Å². The molecule has 0 spiro atoms. The highest BCUT2D eigenvalue weighted by Gasteiger charge is 2.27. The Morgan fingerprint density at radius 3 is 2.73 bits per heavy atom. The summed E-state index contributed by atoms with van der Waals surface area (Å²) in [5.74, 6) is 0.322. The van der Waals surface area contributed by atoms with E-state index in [0.29, 0.717) is 13.1 Å². The third-order valence-electron chi connectivity index (χ3n) is 4.45. The second-order valence-electron chi connectivity index (χ2n) is 6.48. The number of ether oxygens (including phenoxy) is 1. The van der Waals surface area contributed by atoms with Gasteiger partial charge in [-0.2, -0.15) is 0 Å². The Kier molecular flexibility index (Phi) is 5.65. The smallest absolute Gasteiger partial charge is 0.263 e. The van der Waals surface area contributed by atoms with Crippen molar-refractivity contribution in [1.29, 1.82) is 0 Å². The number of hydrogen-bond acceptors (Lipinski definition) is 5. The highest BCUT2D eigenvalue weighted by atomic mass is 19.1. The zero-order chi connectivity index (χ0) is 18.5. The summed E-state index contributed by atoms with van der Waals surface area (Å²) in [6.07, 6.45) is 2.46. The molecular weight excluding hydrogens is 335 g/mol. The SMILES string of the molecule is Cc1cc(NC2CCN(C(=O)C(C)Oc3ccccc3F)CC2)ncn1. The summed E-state index contributed by atoms with van der Waals surface area (Å²) in [6, 6.07) is 8.28. The summed E-state index contributed by atoms with van der Waals surface area (Å²) in [5.41, 5.74) is 0.911. The molecule has 0 bridgehead atoms. The molecule has 1 aromatic heterocycles. The molecule has 6 nitrogen and oxygen atoms in total. The lowest BCUT2D eigenvalue weighted by Crippen LogP contribution is -2.47. The lowest BCUT2D eigenvalue weighted by Gasteiger charge is -2.34. The van der Waals surface area contributed by atoms with Gasteiger partial charge < -0.3 is 15.0 Å². The Bertz CT molecular complexity index is 763. The number of likely N-dealkylation sites (tertiary alicyclic amines) is 1. The summed E-state index contributed by atoms with van der Waals surface area (Å²) >= 11 is 0. The molecule has 0 radical (unpaired) electrons. The molecule has 1 fully saturated rings. The second kappa shape index (κ2) is 8.12. The molecule has 1 unspecified atom stereocenters. The van der Waals surface area contributed by atoms with E-state index in [0.717, 1.165) is 24.4 Å². The van der Waals surface area contributed by atoms with E-state index in [9.17, 15) is 9.18 Å². The Balaban J connectivity index is 1.51. The maximum Gasteiger partial charge on any atom is 0.263 e. The van der Waals surface area contributed by atoms with Crippen molar-refractivity contribution >= 4 is 11.7 Å². The van der Waals surface area contributed by atoms with Crippen molar-refractivity contribution in [2.75, 3.05) is 18.4 Å². The molecule has 1 aromatic carbocycles. The van der Waals surface area contributed by atoms with Crippen LogP contribution in [0, 0.1) is 12.7 Å². The number of piperidine rings is 1. The van der Waals surface area contributed by atoms with Crippen molar-refractivity contribution in [2.45, 2.75) is 38.8 Å². The molecule has 1 aliphatic rings. The summed E-state index contributed by atoms with van der Waals surface area (Å²) in [6.45, 7) is 4.84. The molecule has 138 valence electrons. The lowest BCUT2D eigenvalue weighted by molar-refractivity contribution is -0.139. The van der Waals surface area contributed by atoms with Gasteiger partial charge in [-0.1, -0.05) is 12.1 Å². The van der Waals surface area contributed by atoms with Gasteiger partial charge in [-0.25, -0.2) is 14.4 Å². The van der Waals surface area contributed by atoms with Crippen LogP contribution in [0.15, 0.2) is 36.7 Å². The Hall–Kier alpha value is -2.70. The predicted molar refractivity (Wildman–Crippen MR) is 96.5 cm³/mol. The molecule has 1 N–H and O–H groups in total. The normalized spacial score (nSPS) is 16.2. The number of amides is 1. The van der Waals surface area contributed by atoms with Gasteiger partial charge >= 0.3 is 0 Å². The minimum Gasteiger partial charge on any atom is -0.478 e. The fourth-order valence-electron chi connectivity index (χ4n) is 3.03. The van der Waals surface area contributed by atoms with Crippen LogP contribution >= 0.6 is 0 Å². The number of nitrogens with one attached hydrogen (secondary N) is 1. The molecule has 1 saturated heterocycles. The average Bonchev–Trinajstić information content (AvgIpc) is 2.64. The maximum absolute atomic E-state index is 13.7. The molecule has 26 heavy (non-hydrogen) atoms. The molecule has 0 aliphatic carbocycles. The predicted octanol–water partition coefficient (Wildman–Crippen LogP) is 2.79. The van der Waals surface area contributed by atoms with Crippen molar-refractivity contribution in [3.05, 3.63) is 48.2 Å². The summed E-state index contributed by atoms with van der Waals surface area (Å²) in [4.78, 5) is 22.6. The second-order valence-corrected chi connectivity index (χ2v) is 6.48. The van der Waals surface area contributed by atoms with Gasteiger partial charge in [0, 0.05) is 30.9 Å². The van der Waals surface area contributed by atoms with Gasteiger partial charge in [0.1, 0.15) is 12.1 Å². The van der Waals surface area contributed by atoms with E-state index in [-0.39, 0.29) is 17.7 Å². The minimum atomic E-state index is -0.721. The van der Waals surface area contributed by atoms with Crippen LogP contribution in [-0.2, 0) is 4.79 Å². The maximum atomic E-state index is 13.7. The first-order valence-electron chi connectivity index (χ1n) is 8.78. The number of carbonyl (C=O) groups is 1. The van der Waals surface area contributed by atoms with Gasteiger partial charge in [0.2, 0.25) is 0 Å². The van der Waals surface area contributed by atoms with Crippen LogP contribution in [0.4, 0.5) is 10.2 Å². The molecule has 1 amide bonds. The van der Waals surface area contributed by atoms with Gasteiger partial charge in [-0.3, -0.25) is 4.79 Å². The monoisotopic (exact) mass is 358 g/mol. The van der Waals surface area contributed by atoms with Gasteiger partial charge in [0.05, 0.1) is 0 Å². The first kappa shape index (κ1) is 18.1. The minimum absolute atomic E-state index is 0.101. The van der Waals surface area contributed by atoms with E-state index in [4.69, 9.17) is 4.74 Å². The van der Waals surface area contributed by atoms with Crippen molar-refractivity contribution < 1.29 is 13.9 Å². The van der Waals surface area contributed by atoms with Crippen LogP contribution in [0.25, 0.3) is 0 Å². The van der Waals surface area contributed by atoms with Gasteiger partial charge in [0.25, 0.3) is 5.91 Å². The molecule has 2 heterocycles. The number of rotatable bonds is 5. The standard InChI is InChI=1S/C19H23FN4O2/c1-13-11-18(22-12-21-13)23-15-7-9-24(10-8-15)19(25)14(2)26-17-6-4-3-5-16(17)20/h3-6,11-12,14-15H,7-10H2,1-2H3,(H,21,22,23). The zero-order valence-electron chi connectivity index (χ0n) is 15.0. The summed E-state index contributed by atoms with van der Waals surface area (Å²) in [5, 5.41) is 3.39. The number of hydrogen-bond donors (Lipinski definition) is 1. The zero-order valence-corrected chi connectivity index (χ0v) is 15.0. The largest absolute Gasteiger partial charge is 0.478 e. The van der Waals surface area contributed by atoms with Crippen molar-refractivity contribution in [2.24, 2.45) is 0 Å². The van der Waals surface area contributed by atoms with E-state index in [1.807, 2.05) is 13.0 Å². The molecule has 0 saturated carbocycles. The number of para-hydroxylation sites is 1. The van der Waals surface area contributed by atoms with Crippen LogP contribution < -0.4 is 10.1 Å². The molecular formula is C19H23FN4O2. The van der Waals surface area contributed by atoms with E-state index in [1.165, 1.54) is 18.5 Å². The topological polar surface area (TPSA) is 67.4 Å². The highest BCUT2D eigenvalue weighted by Crippen LogP contribution is 2.20. The number of anilines is 1. The molecule has 7 heteroatoms. The van der Waals surface area contributed by atoms with Crippen LogP contribution in [0.1, 0.15) is 25.5 Å². The summed E-state index contributed by atoms with van der Waals surface area (Å²) in [7, 11) is 0. The Morgan fingerprint density at radius 2 is 2.04 bits per heavy atom. The molecule has 2 aromatic rings. The third kappa shape index (κ3) is 4.47. The average molecular weight is 358 g/mol. The van der Waals surface area contributed by atoms with Crippen LogP contribution in [-0.4, -0.2) is 46.0 Å².